The average molecular weight is 491 g/mol. The summed E-state index contributed by atoms with van der Waals surface area (Å²) in [7, 11) is 3.62. The fraction of sp³-hybridized carbons (Fsp3) is 0.583. The molecule has 2 aliphatic rings. The predicted octanol–water partition coefficient (Wildman–Crippen LogP) is 2.47. The van der Waals surface area contributed by atoms with Crippen molar-refractivity contribution in [3.05, 3.63) is 45.9 Å². The highest BCUT2D eigenvalue weighted by Gasteiger charge is 2.46. The van der Waals surface area contributed by atoms with Crippen molar-refractivity contribution in [3.63, 3.8) is 0 Å². The van der Waals surface area contributed by atoms with Gasteiger partial charge < -0.3 is 19.9 Å². The highest BCUT2D eigenvalue weighted by molar-refractivity contribution is 5.93. The second kappa shape index (κ2) is 10.4. The summed E-state index contributed by atoms with van der Waals surface area (Å²) in [6.45, 7) is 2.70. The number of anilines is 1. The number of alkyl halides is 2. The normalized spacial score (nSPS) is 21.0. The monoisotopic (exact) mass is 490 g/mol. The smallest absolute Gasteiger partial charge is 0.257 e. The molecule has 0 aromatic carbocycles. The van der Waals surface area contributed by atoms with Crippen LogP contribution in [0, 0.1) is 5.92 Å². The molecule has 11 heteroatoms. The van der Waals surface area contributed by atoms with E-state index in [0.29, 0.717) is 36.1 Å². The van der Waals surface area contributed by atoms with Crippen molar-refractivity contribution in [2.75, 3.05) is 39.1 Å². The van der Waals surface area contributed by atoms with Crippen LogP contribution < -0.4 is 15.6 Å². The molecule has 2 N–H and O–H groups in total. The molecule has 4 rings (SSSR count). The Bertz CT molecular complexity index is 1090. The molecule has 1 unspecified atom stereocenters. The van der Waals surface area contributed by atoms with E-state index >= 15 is 0 Å². The molecule has 1 aliphatic heterocycles. The summed E-state index contributed by atoms with van der Waals surface area (Å²) < 4.78 is 35.4. The van der Waals surface area contributed by atoms with Crippen molar-refractivity contribution in [1.82, 2.24) is 25.0 Å². The first-order valence-electron chi connectivity index (χ1n) is 11.9. The Labute approximate surface area is 202 Å². The van der Waals surface area contributed by atoms with Crippen LogP contribution in [0.3, 0.4) is 0 Å². The Morgan fingerprint density at radius 3 is 2.77 bits per heavy atom. The first-order valence-corrected chi connectivity index (χ1v) is 11.9. The molecule has 2 aromatic heterocycles. The molecular formula is C24H32F2N6O3. The lowest BCUT2D eigenvalue weighted by Gasteiger charge is -2.40. The fourth-order valence-corrected chi connectivity index (χ4v) is 4.18. The number of likely N-dealkylation sites (tertiary alicyclic amines) is 1. The van der Waals surface area contributed by atoms with Crippen molar-refractivity contribution in [2.24, 2.45) is 5.92 Å². The molecule has 3 heterocycles. The highest BCUT2D eigenvalue weighted by atomic mass is 19.3. The first kappa shape index (κ1) is 25.2. The van der Waals surface area contributed by atoms with E-state index in [1.165, 1.54) is 19.0 Å². The zero-order valence-electron chi connectivity index (χ0n) is 20.3. The maximum atomic E-state index is 14.9. The summed E-state index contributed by atoms with van der Waals surface area (Å²) >= 11 is 0. The van der Waals surface area contributed by atoms with Crippen LogP contribution in [0.1, 0.15) is 43.2 Å². The van der Waals surface area contributed by atoms with Crippen molar-refractivity contribution in [3.8, 4) is 5.88 Å². The lowest BCUT2D eigenvalue weighted by atomic mass is 9.86. The Kier molecular flexibility index (Phi) is 7.46. The summed E-state index contributed by atoms with van der Waals surface area (Å²) in [5, 5.41) is 10.7. The number of rotatable bonds is 9. The highest BCUT2D eigenvalue weighted by Crippen LogP contribution is 2.40. The summed E-state index contributed by atoms with van der Waals surface area (Å²) in [6, 6.07) is 4.15. The van der Waals surface area contributed by atoms with Crippen LogP contribution in [0.15, 0.2) is 29.2 Å². The van der Waals surface area contributed by atoms with E-state index in [0.717, 1.165) is 0 Å². The van der Waals surface area contributed by atoms with Gasteiger partial charge in [0.15, 0.2) is 5.82 Å². The minimum atomic E-state index is -2.96. The summed E-state index contributed by atoms with van der Waals surface area (Å²) in [5.41, 5.74) is 0.488. The molecule has 2 atom stereocenters. The van der Waals surface area contributed by atoms with Crippen LogP contribution in [0.25, 0.3) is 0 Å². The molecule has 2 fully saturated rings. The van der Waals surface area contributed by atoms with Gasteiger partial charge in [0.05, 0.1) is 18.6 Å². The maximum absolute atomic E-state index is 14.9. The molecule has 0 radical (unpaired) electrons. The number of aromatic amines is 1. The molecule has 1 aliphatic carbocycles. The quantitative estimate of drug-likeness (QED) is 0.557. The molecule has 1 amide bonds. The van der Waals surface area contributed by atoms with Gasteiger partial charge in [0.1, 0.15) is 0 Å². The number of piperidine rings is 1. The molecule has 9 nitrogen and oxygen atoms in total. The Morgan fingerprint density at radius 2 is 2.11 bits per heavy atom. The van der Waals surface area contributed by atoms with Crippen molar-refractivity contribution < 1.29 is 18.3 Å². The number of hydrogen-bond donors (Lipinski definition) is 2. The molecule has 1 saturated heterocycles. The largest absolute Gasteiger partial charge is 0.476 e. The van der Waals surface area contributed by atoms with Gasteiger partial charge in [-0.1, -0.05) is 0 Å². The number of nitrogens with one attached hydrogen (secondary N) is 2. The van der Waals surface area contributed by atoms with E-state index in [4.69, 9.17) is 4.74 Å². The Hall–Kier alpha value is -2.92. The van der Waals surface area contributed by atoms with Gasteiger partial charge in [0, 0.05) is 43.9 Å². The molecule has 0 bridgehead atoms. The van der Waals surface area contributed by atoms with Crippen LogP contribution in [0.5, 0.6) is 5.88 Å². The van der Waals surface area contributed by atoms with Crippen LogP contribution in [0.2, 0.25) is 0 Å². The van der Waals surface area contributed by atoms with E-state index in [-0.39, 0.29) is 36.8 Å². The van der Waals surface area contributed by atoms with Crippen LogP contribution in [0.4, 0.5) is 14.6 Å². The second-order valence-electron chi connectivity index (χ2n) is 9.76. The molecule has 35 heavy (non-hydrogen) atoms. The van der Waals surface area contributed by atoms with E-state index in [2.05, 4.69) is 20.5 Å². The topological polar surface area (TPSA) is 103 Å². The second-order valence-corrected chi connectivity index (χ2v) is 9.76. The zero-order chi connectivity index (χ0) is 25.2. The number of pyridine rings is 1. The predicted molar refractivity (Wildman–Crippen MR) is 127 cm³/mol. The van der Waals surface area contributed by atoms with Crippen molar-refractivity contribution in [1.29, 1.82) is 0 Å². The van der Waals surface area contributed by atoms with Gasteiger partial charge in [-0.25, -0.2) is 8.78 Å². The standard InChI is InChI=1S/C24H32F2N6O3/c1-15(22(33)28-20-6-7-21(30-29-20)35-14-16-4-5-16)32-9-8-24(25,26)19(13-32)17-10-18(12-31(2)3)23(34)27-11-17/h6-7,10-11,15-16,19H,4-5,8-9,12-14H2,1-3H3,(H,27,34)(H,28,29,33)/t15?,19-/m1/s1. The van der Waals surface area contributed by atoms with Crippen LogP contribution >= 0.6 is 0 Å². The van der Waals surface area contributed by atoms with E-state index in [1.807, 2.05) is 14.1 Å². The number of hydrogen-bond acceptors (Lipinski definition) is 7. The first-order chi connectivity index (χ1) is 16.6. The van der Waals surface area contributed by atoms with Gasteiger partial charge >= 0.3 is 0 Å². The van der Waals surface area contributed by atoms with E-state index in [1.54, 1.807) is 34.9 Å². The molecule has 190 valence electrons. The summed E-state index contributed by atoms with van der Waals surface area (Å²) in [6.07, 6.45) is 3.31. The number of amides is 1. The number of ether oxygens (including phenoxy) is 1. The third-order valence-corrected chi connectivity index (χ3v) is 6.53. The van der Waals surface area contributed by atoms with Crippen molar-refractivity contribution in [2.45, 2.75) is 50.6 Å². The maximum Gasteiger partial charge on any atom is 0.257 e. The molecular weight excluding hydrogens is 458 g/mol. The number of H-pyrrole nitrogens is 1. The zero-order valence-corrected chi connectivity index (χ0v) is 20.3. The summed E-state index contributed by atoms with van der Waals surface area (Å²) in [5.74, 6) is -3.19. The van der Waals surface area contributed by atoms with Gasteiger partial charge in [-0.3, -0.25) is 14.5 Å². The average Bonchev–Trinajstić information content (AvgIpc) is 3.64. The van der Waals surface area contributed by atoms with Gasteiger partial charge in [-0.05, 0) is 57.5 Å². The van der Waals surface area contributed by atoms with Gasteiger partial charge in [-0.2, -0.15) is 0 Å². The lowest BCUT2D eigenvalue weighted by Crippen LogP contribution is -2.52. The van der Waals surface area contributed by atoms with Crippen LogP contribution in [-0.4, -0.2) is 76.6 Å². The number of halogens is 2. The minimum absolute atomic E-state index is 0.0192. The van der Waals surface area contributed by atoms with Gasteiger partial charge in [0.25, 0.3) is 11.5 Å². The Morgan fingerprint density at radius 1 is 1.34 bits per heavy atom. The third kappa shape index (κ3) is 6.40. The van der Waals surface area contributed by atoms with Crippen molar-refractivity contribution >= 4 is 11.7 Å². The van der Waals surface area contributed by atoms with E-state index < -0.39 is 17.9 Å². The van der Waals surface area contributed by atoms with Crippen LogP contribution in [-0.2, 0) is 11.3 Å². The lowest BCUT2D eigenvalue weighted by molar-refractivity contribution is -0.125. The fourth-order valence-electron chi connectivity index (χ4n) is 4.18. The molecule has 1 saturated carbocycles. The van der Waals surface area contributed by atoms with Gasteiger partial charge in [-0.15, -0.1) is 10.2 Å². The molecule has 0 spiro atoms. The molecule has 2 aromatic rings. The van der Waals surface area contributed by atoms with Gasteiger partial charge in [0.2, 0.25) is 11.8 Å². The number of aromatic nitrogens is 3. The third-order valence-electron chi connectivity index (χ3n) is 6.53. The Balaban J connectivity index is 1.41. The van der Waals surface area contributed by atoms with E-state index in [9.17, 15) is 18.4 Å². The number of carbonyl (C=O) groups excluding carboxylic acids is 1. The number of carbonyl (C=O) groups is 1. The number of nitrogens with zero attached hydrogens (tertiary/aromatic N) is 4. The minimum Gasteiger partial charge on any atom is -0.476 e. The SMILES string of the molecule is CC(C(=O)Nc1ccc(OCC2CC2)nn1)N1CCC(F)(F)[C@@H](c2c[nH]c(=O)c(CN(C)C)c2)C1. The summed E-state index contributed by atoms with van der Waals surface area (Å²) in [4.78, 5) is 31.1.